The molecule has 39 heavy (non-hydrogen) atoms. The molecule has 0 bridgehead atoms. The van der Waals surface area contributed by atoms with Crippen molar-refractivity contribution in [2.45, 2.75) is 88.9 Å². The molecule has 1 aromatic rings. The molecule has 3 N–H and O–H groups in total. The summed E-state index contributed by atoms with van der Waals surface area (Å²) in [6.07, 6.45) is 15.9. The molecule has 0 aromatic heterocycles. The van der Waals surface area contributed by atoms with Gasteiger partial charge in [-0.3, -0.25) is 9.79 Å². The fourth-order valence-corrected chi connectivity index (χ4v) is 5.59. The Balaban J connectivity index is 0.000000449. The van der Waals surface area contributed by atoms with E-state index in [0.717, 1.165) is 37.5 Å². The Morgan fingerprint density at radius 3 is 2.59 bits per heavy atom. The molecule has 3 atom stereocenters. The molecule has 1 aromatic carbocycles. The first kappa shape index (κ1) is 30.4. The molecule has 0 radical (unpaired) electrons. The fourth-order valence-electron chi connectivity index (χ4n) is 5.59. The maximum absolute atomic E-state index is 15.1. The molecule has 1 amide bonds. The molecule has 7 nitrogen and oxygen atoms in total. The van der Waals surface area contributed by atoms with Gasteiger partial charge in [0.15, 0.2) is 0 Å². The summed E-state index contributed by atoms with van der Waals surface area (Å²) in [7, 11) is 1.83. The van der Waals surface area contributed by atoms with Gasteiger partial charge in [-0.25, -0.2) is 4.39 Å². The van der Waals surface area contributed by atoms with Crippen molar-refractivity contribution < 1.29 is 19.1 Å². The lowest BCUT2D eigenvalue weighted by atomic mass is 9.86. The highest BCUT2D eigenvalue weighted by Crippen LogP contribution is 2.39. The molecule has 3 aliphatic rings. The number of halogens is 1. The summed E-state index contributed by atoms with van der Waals surface area (Å²) in [6, 6.07) is 2.92. The minimum absolute atomic E-state index is 0.0980. The Labute approximate surface area is 232 Å². The topological polar surface area (TPSA) is 94.0 Å². The van der Waals surface area contributed by atoms with Gasteiger partial charge in [0.2, 0.25) is 5.91 Å². The number of hydrogen-bond donors (Lipinski definition) is 3. The first-order chi connectivity index (χ1) is 18.6. The zero-order valence-corrected chi connectivity index (χ0v) is 23.6. The summed E-state index contributed by atoms with van der Waals surface area (Å²) in [6.45, 7) is 10.0. The van der Waals surface area contributed by atoms with Crippen molar-refractivity contribution in [2.75, 3.05) is 18.5 Å². The zero-order valence-electron chi connectivity index (χ0n) is 23.6. The van der Waals surface area contributed by atoms with Crippen LogP contribution in [-0.4, -0.2) is 61.8 Å². The molecule has 3 unspecified atom stereocenters. The third kappa shape index (κ3) is 7.73. The number of aliphatic imine (C=N–C) groups is 1. The van der Waals surface area contributed by atoms with Gasteiger partial charge in [0.25, 0.3) is 0 Å². The van der Waals surface area contributed by atoms with Crippen LogP contribution in [0, 0.1) is 5.82 Å². The summed E-state index contributed by atoms with van der Waals surface area (Å²) in [5, 5.41) is 14.9. The highest BCUT2D eigenvalue weighted by Gasteiger charge is 2.32. The van der Waals surface area contributed by atoms with Crippen LogP contribution in [0.4, 0.5) is 10.1 Å². The highest BCUT2D eigenvalue weighted by atomic mass is 19.1. The van der Waals surface area contributed by atoms with Gasteiger partial charge in [-0.2, -0.15) is 0 Å². The first-order valence-electron chi connectivity index (χ1n) is 13.8. The molecule has 4 rings (SSSR count). The molecular weight excluding hydrogens is 495 g/mol. The standard InChI is InChI=1S/C26H34FN3O.C5H9NO2/c1-6-10-19(17-28-4)24(25(31)29-20-11-8-7-9-12-20)30(5)21-15-18-13-14-26(2,3)23(18)22(27)16-21;7-3-4-1-5(8)2-6-4/h6,10,13-17,20,24H,4,7-9,11-12H2,1-3,5H3,(H,29,31);3-6,8H,1-2H2/b10-6-,19-17+;. The van der Waals surface area contributed by atoms with Crippen LogP contribution < -0.4 is 15.5 Å². The molecule has 1 saturated carbocycles. The zero-order chi connectivity index (χ0) is 28.6. The van der Waals surface area contributed by atoms with Crippen LogP contribution in [-0.2, 0) is 15.0 Å². The SMILES string of the molecule is C=N/C=C(\C=C/C)C(C(=O)NC1CCCCC1)N(C)c1cc(F)c2c(c1)C=CC2(C)C.O=CC1CC(O)CN1. The molecule has 0 spiro atoms. The molecule has 2 fully saturated rings. The van der Waals surface area contributed by atoms with Crippen LogP contribution >= 0.6 is 0 Å². The van der Waals surface area contributed by atoms with E-state index >= 15 is 4.39 Å². The highest BCUT2D eigenvalue weighted by molar-refractivity contribution is 5.90. The van der Waals surface area contributed by atoms with Gasteiger partial charge in [0, 0.05) is 48.1 Å². The molecule has 212 valence electrons. The van der Waals surface area contributed by atoms with Crippen LogP contribution in [0.15, 0.2) is 47.1 Å². The van der Waals surface area contributed by atoms with E-state index in [1.807, 2.05) is 63.1 Å². The van der Waals surface area contributed by atoms with Crippen molar-refractivity contribution in [3.63, 3.8) is 0 Å². The number of hydrogen-bond acceptors (Lipinski definition) is 6. The number of amides is 1. The third-order valence-corrected chi connectivity index (χ3v) is 7.65. The van der Waals surface area contributed by atoms with Crippen LogP contribution in [0.1, 0.15) is 70.4 Å². The van der Waals surface area contributed by atoms with Crippen molar-refractivity contribution >= 4 is 30.7 Å². The molecule has 2 aliphatic carbocycles. The smallest absolute Gasteiger partial charge is 0.247 e. The second-order valence-electron chi connectivity index (χ2n) is 11.2. The van der Waals surface area contributed by atoms with Crippen molar-refractivity contribution in [1.29, 1.82) is 0 Å². The summed E-state index contributed by atoms with van der Waals surface area (Å²) in [5.74, 6) is -0.349. The number of benzene rings is 1. The van der Waals surface area contributed by atoms with E-state index in [4.69, 9.17) is 5.11 Å². The van der Waals surface area contributed by atoms with E-state index in [1.54, 1.807) is 6.20 Å². The van der Waals surface area contributed by atoms with Gasteiger partial charge < -0.3 is 25.4 Å². The Morgan fingerprint density at radius 2 is 2.03 bits per heavy atom. The summed E-state index contributed by atoms with van der Waals surface area (Å²) >= 11 is 0. The fraction of sp³-hybridized carbons (Fsp3) is 0.516. The number of fused-ring (bicyclic) bond motifs is 1. The first-order valence-corrected chi connectivity index (χ1v) is 13.8. The Morgan fingerprint density at radius 1 is 1.31 bits per heavy atom. The molecule has 1 heterocycles. The van der Waals surface area contributed by atoms with Crippen LogP contribution in [0.5, 0.6) is 0 Å². The van der Waals surface area contributed by atoms with E-state index < -0.39 is 6.04 Å². The average Bonchev–Trinajstić information content (AvgIpc) is 3.47. The number of allylic oxidation sites excluding steroid dienone is 2. The minimum Gasteiger partial charge on any atom is -0.392 e. The van der Waals surface area contributed by atoms with Crippen molar-refractivity contribution in [2.24, 2.45) is 4.99 Å². The second kappa shape index (κ2) is 13.8. The number of nitrogens with zero attached hydrogens (tertiary/aromatic N) is 2. The van der Waals surface area contributed by atoms with E-state index in [2.05, 4.69) is 22.3 Å². The lowest BCUT2D eigenvalue weighted by Crippen LogP contribution is -2.50. The van der Waals surface area contributed by atoms with Crippen molar-refractivity contribution in [3.8, 4) is 0 Å². The minimum atomic E-state index is -0.639. The third-order valence-electron chi connectivity index (χ3n) is 7.65. The summed E-state index contributed by atoms with van der Waals surface area (Å²) in [4.78, 5) is 29.2. The lowest BCUT2D eigenvalue weighted by Gasteiger charge is -2.33. The Hall–Kier alpha value is -3.10. The molecule has 1 saturated heterocycles. The molecular formula is C31H43FN4O3. The Bertz CT molecular complexity index is 1120. The second-order valence-corrected chi connectivity index (χ2v) is 11.2. The average molecular weight is 539 g/mol. The van der Waals surface area contributed by atoms with E-state index in [1.165, 1.54) is 12.5 Å². The number of aliphatic hydroxyl groups excluding tert-OH is 1. The van der Waals surface area contributed by atoms with E-state index in [9.17, 15) is 9.59 Å². The van der Waals surface area contributed by atoms with Crippen molar-refractivity contribution in [1.82, 2.24) is 10.6 Å². The number of carbonyl (C=O) groups is 2. The number of aliphatic hydroxyl groups is 1. The number of anilines is 1. The van der Waals surface area contributed by atoms with Gasteiger partial charge in [-0.1, -0.05) is 57.4 Å². The number of likely N-dealkylation sites (N-methyl/N-ethyl adjacent to an activating group) is 1. The van der Waals surface area contributed by atoms with Crippen LogP contribution in [0.25, 0.3) is 6.08 Å². The van der Waals surface area contributed by atoms with Gasteiger partial charge in [-0.15, -0.1) is 0 Å². The molecule has 1 aliphatic heterocycles. The number of nitrogens with one attached hydrogen (secondary N) is 2. The van der Waals surface area contributed by atoms with Crippen molar-refractivity contribution in [3.05, 3.63) is 59.1 Å². The predicted octanol–water partition coefficient (Wildman–Crippen LogP) is 4.45. The number of rotatable bonds is 8. The lowest BCUT2D eigenvalue weighted by molar-refractivity contribution is -0.122. The Kier molecular flexibility index (Phi) is 10.8. The predicted molar refractivity (Wildman–Crippen MR) is 157 cm³/mol. The van der Waals surface area contributed by atoms with E-state index in [0.29, 0.717) is 29.8 Å². The molecule has 8 heteroatoms. The number of β-amino-alcohol motifs (C(OH)–C–C–N with tert-alkyl or cyclic N) is 1. The summed E-state index contributed by atoms with van der Waals surface area (Å²) in [5.41, 5.74) is 2.59. The van der Waals surface area contributed by atoms with E-state index in [-0.39, 0.29) is 35.3 Å². The number of carbonyl (C=O) groups excluding carboxylic acids is 2. The van der Waals surface area contributed by atoms with Gasteiger partial charge in [-0.05, 0) is 50.6 Å². The van der Waals surface area contributed by atoms with Crippen LogP contribution in [0.2, 0.25) is 0 Å². The maximum Gasteiger partial charge on any atom is 0.247 e. The quantitative estimate of drug-likeness (QED) is 0.258. The monoisotopic (exact) mass is 538 g/mol. The van der Waals surface area contributed by atoms with Gasteiger partial charge in [0.1, 0.15) is 18.1 Å². The van der Waals surface area contributed by atoms with Crippen LogP contribution in [0.3, 0.4) is 0 Å². The van der Waals surface area contributed by atoms with Gasteiger partial charge >= 0.3 is 0 Å². The van der Waals surface area contributed by atoms with Gasteiger partial charge in [0.05, 0.1) is 12.1 Å². The number of aldehydes is 1. The maximum atomic E-state index is 15.1. The largest absolute Gasteiger partial charge is 0.392 e. The summed E-state index contributed by atoms with van der Waals surface area (Å²) < 4.78 is 15.1. The normalized spacial score (nSPS) is 23.1.